The summed E-state index contributed by atoms with van der Waals surface area (Å²) >= 11 is 4.99. The average molecular weight is 257 g/mol. The van der Waals surface area contributed by atoms with Crippen LogP contribution in [0.1, 0.15) is 33.1 Å². The Bertz CT molecular complexity index is 275. The Morgan fingerprint density at radius 3 is 2.41 bits per heavy atom. The molecule has 1 unspecified atom stereocenters. The molecule has 1 aliphatic heterocycles. The lowest BCUT2D eigenvalue weighted by atomic mass is 10.2. The maximum absolute atomic E-state index is 11.8. The summed E-state index contributed by atoms with van der Waals surface area (Å²) in [6.07, 6.45) is 2.74. The van der Waals surface area contributed by atoms with Gasteiger partial charge in [0.15, 0.2) is 0 Å². The minimum absolute atomic E-state index is 0.137. The Balaban J connectivity index is 2.35. The van der Waals surface area contributed by atoms with Crippen molar-refractivity contribution in [1.82, 2.24) is 9.80 Å². The fraction of sp³-hybridized carbons (Fsp3) is 0.833. The van der Waals surface area contributed by atoms with Crippen LogP contribution in [0.15, 0.2) is 0 Å². The second-order valence-electron chi connectivity index (χ2n) is 4.60. The molecule has 98 valence electrons. The van der Waals surface area contributed by atoms with E-state index in [1.807, 2.05) is 11.8 Å². The third kappa shape index (κ3) is 4.24. The van der Waals surface area contributed by atoms with E-state index in [-0.39, 0.29) is 11.9 Å². The molecule has 0 aromatic rings. The summed E-state index contributed by atoms with van der Waals surface area (Å²) in [4.78, 5) is 16.6. The number of nitrogens with zero attached hydrogens (tertiary/aromatic N) is 2. The minimum Gasteiger partial charge on any atom is -0.392 e. The van der Waals surface area contributed by atoms with Crippen molar-refractivity contribution in [2.24, 2.45) is 5.73 Å². The first kappa shape index (κ1) is 14.4. The molecule has 1 atom stereocenters. The first-order chi connectivity index (χ1) is 8.06. The van der Waals surface area contributed by atoms with Gasteiger partial charge in [0.2, 0.25) is 5.91 Å². The number of piperazine rings is 1. The number of thiocarbonyl (C=S) groups is 1. The third-order valence-electron chi connectivity index (χ3n) is 3.37. The van der Waals surface area contributed by atoms with Gasteiger partial charge < -0.3 is 10.6 Å². The quantitative estimate of drug-likeness (QED) is 0.746. The van der Waals surface area contributed by atoms with Crippen molar-refractivity contribution in [2.75, 3.05) is 26.2 Å². The summed E-state index contributed by atoms with van der Waals surface area (Å²) in [5.41, 5.74) is 5.64. The lowest BCUT2D eigenvalue weighted by molar-refractivity contribution is -0.133. The van der Waals surface area contributed by atoms with Crippen LogP contribution < -0.4 is 5.73 Å². The zero-order chi connectivity index (χ0) is 12.8. The summed E-state index contributed by atoms with van der Waals surface area (Å²) in [7, 11) is 0. The Morgan fingerprint density at radius 2 is 1.94 bits per heavy atom. The smallest absolute Gasteiger partial charge is 0.222 e. The van der Waals surface area contributed by atoms with E-state index < -0.39 is 0 Å². The lowest BCUT2D eigenvalue weighted by Gasteiger charge is -2.37. The summed E-state index contributed by atoms with van der Waals surface area (Å²) in [6, 6.07) is 0.137. The van der Waals surface area contributed by atoms with Crippen LogP contribution in [0.4, 0.5) is 0 Å². The van der Waals surface area contributed by atoms with Gasteiger partial charge in [0.05, 0.1) is 11.0 Å². The van der Waals surface area contributed by atoms with Gasteiger partial charge in [-0.05, 0) is 13.3 Å². The van der Waals surface area contributed by atoms with Crippen molar-refractivity contribution in [3.05, 3.63) is 0 Å². The molecule has 1 saturated heterocycles. The van der Waals surface area contributed by atoms with Gasteiger partial charge in [0.1, 0.15) is 0 Å². The van der Waals surface area contributed by atoms with Gasteiger partial charge in [0.25, 0.3) is 0 Å². The highest BCUT2D eigenvalue weighted by molar-refractivity contribution is 7.80. The normalized spacial score (nSPS) is 19.1. The molecule has 0 bridgehead atoms. The summed E-state index contributed by atoms with van der Waals surface area (Å²) in [5.74, 6) is 0.287. The largest absolute Gasteiger partial charge is 0.392 e. The number of carbonyl (C=O) groups is 1. The van der Waals surface area contributed by atoms with Crippen molar-refractivity contribution in [3.63, 3.8) is 0 Å². The van der Waals surface area contributed by atoms with E-state index in [1.165, 1.54) is 0 Å². The molecule has 0 saturated carbocycles. The SMILES string of the molecule is CCCCC(=O)N1CCN(C(C)C(N)=S)CC1. The standard InChI is InChI=1S/C12H23N3OS/c1-3-4-5-11(16)15-8-6-14(7-9-15)10(2)12(13)17/h10H,3-9H2,1-2H3,(H2,13,17). The molecule has 0 aromatic carbocycles. The maximum atomic E-state index is 11.8. The highest BCUT2D eigenvalue weighted by Gasteiger charge is 2.24. The first-order valence-corrected chi connectivity index (χ1v) is 6.78. The number of hydrogen-bond donors (Lipinski definition) is 1. The topological polar surface area (TPSA) is 49.6 Å². The van der Waals surface area contributed by atoms with Crippen LogP contribution in [0.3, 0.4) is 0 Å². The Kier molecular flexibility index (Phi) is 5.85. The minimum atomic E-state index is 0.137. The molecule has 1 heterocycles. The number of rotatable bonds is 5. The van der Waals surface area contributed by atoms with E-state index in [4.69, 9.17) is 18.0 Å². The number of hydrogen-bond acceptors (Lipinski definition) is 3. The molecule has 5 heteroatoms. The van der Waals surface area contributed by atoms with Crippen molar-refractivity contribution in [1.29, 1.82) is 0 Å². The average Bonchev–Trinajstić information content (AvgIpc) is 2.35. The van der Waals surface area contributed by atoms with Gasteiger partial charge in [0, 0.05) is 32.6 Å². The zero-order valence-corrected chi connectivity index (χ0v) is 11.6. The van der Waals surface area contributed by atoms with Crippen LogP contribution in [0.5, 0.6) is 0 Å². The number of amides is 1. The molecule has 0 aromatic heterocycles. The summed E-state index contributed by atoms with van der Waals surface area (Å²) < 4.78 is 0. The molecular formula is C12H23N3OS. The Hall–Kier alpha value is -0.680. The molecule has 0 spiro atoms. The Morgan fingerprint density at radius 1 is 1.35 bits per heavy atom. The monoisotopic (exact) mass is 257 g/mol. The predicted octanol–water partition coefficient (Wildman–Crippen LogP) is 0.995. The third-order valence-corrected chi connectivity index (χ3v) is 3.71. The summed E-state index contributed by atoms with van der Waals surface area (Å²) in [6.45, 7) is 7.48. The first-order valence-electron chi connectivity index (χ1n) is 6.37. The highest BCUT2D eigenvalue weighted by atomic mass is 32.1. The van der Waals surface area contributed by atoms with Crippen molar-refractivity contribution < 1.29 is 4.79 Å². The predicted molar refractivity (Wildman–Crippen MR) is 73.9 cm³/mol. The van der Waals surface area contributed by atoms with Crippen LogP contribution in [-0.2, 0) is 4.79 Å². The zero-order valence-electron chi connectivity index (χ0n) is 10.8. The van der Waals surface area contributed by atoms with Gasteiger partial charge in [-0.1, -0.05) is 25.6 Å². The molecule has 17 heavy (non-hydrogen) atoms. The molecule has 1 rings (SSSR count). The van der Waals surface area contributed by atoms with Crippen molar-refractivity contribution in [2.45, 2.75) is 39.2 Å². The summed E-state index contributed by atoms with van der Waals surface area (Å²) in [5, 5.41) is 0. The van der Waals surface area contributed by atoms with Crippen LogP contribution in [-0.4, -0.2) is 52.9 Å². The van der Waals surface area contributed by atoms with Crippen molar-refractivity contribution in [3.8, 4) is 0 Å². The molecule has 1 aliphatic rings. The highest BCUT2D eigenvalue weighted by Crippen LogP contribution is 2.09. The van der Waals surface area contributed by atoms with E-state index in [0.29, 0.717) is 11.4 Å². The second-order valence-corrected chi connectivity index (χ2v) is 5.07. The van der Waals surface area contributed by atoms with Gasteiger partial charge in [-0.2, -0.15) is 0 Å². The van der Waals surface area contributed by atoms with Crippen LogP contribution in [0.25, 0.3) is 0 Å². The molecule has 4 nitrogen and oxygen atoms in total. The van der Waals surface area contributed by atoms with E-state index in [1.54, 1.807) is 0 Å². The molecule has 2 N–H and O–H groups in total. The van der Waals surface area contributed by atoms with Crippen LogP contribution in [0, 0.1) is 0 Å². The van der Waals surface area contributed by atoms with Gasteiger partial charge >= 0.3 is 0 Å². The molecule has 1 amide bonds. The molecule has 0 radical (unpaired) electrons. The van der Waals surface area contributed by atoms with E-state index in [9.17, 15) is 4.79 Å². The van der Waals surface area contributed by atoms with Crippen molar-refractivity contribution >= 4 is 23.1 Å². The number of unbranched alkanes of at least 4 members (excludes halogenated alkanes) is 1. The maximum Gasteiger partial charge on any atom is 0.222 e. The van der Waals surface area contributed by atoms with E-state index in [2.05, 4.69) is 11.8 Å². The molecule has 1 fully saturated rings. The molecular weight excluding hydrogens is 234 g/mol. The number of nitrogens with two attached hydrogens (primary N) is 1. The Labute approximate surface area is 109 Å². The van der Waals surface area contributed by atoms with Gasteiger partial charge in [-0.15, -0.1) is 0 Å². The van der Waals surface area contributed by atoms with Gasteiger partial charge in [-0.25, -0.2) is 0 Å². The van der Waals surface area contributed by atoms with Crippen LogP contribution >= 0.6 is 12.2 Å². The van der Waals surface area contributed by atoms with E-state index >= 15 is 0 Å². The van der Waals surface area contributed by atoms with E-state index in [0.717, 1.165) is 39.0 Å². The fourth-order valence-electron chi connectivity index (χ4n) is 2.02. The lowest BCUT2D eigenvalue weighted by Crippen LogP contribution is -2.53. The van der Waals surface area contributed by atoms with Crippen LogP contribution in [0.2, 0.25) is 0 Å². The fourth-order valence-corrected chi connectivity index (χ4v) is 2.17. The van der Waals surface area contributed by atoms with Gasteiger partial charge in [-0.3, -0.25) is 9.69 Å². The number of carbonyl (C=O) groups excluding carboxylic acids is 1. The second kappa shape index (κ2) is 6.91. The molecule has 0 aliphatic carbocycles.